The van der Waals surface area contributed by atoms with Crippen LogP contribution in [0.2, 0.25) is 0 Å². The van der Waals surface area contributed by atoms with Gasteiger partial charge in [0.25, 0.3) is 0 Å². The van der Waals surface area contributed by atoms with Gasteiger partial charge in [-0.2, -0.15) is 0 Å². The van der Waals surface area contributed by atoms with Crippen molar-refractivity contribution in [2.24, 2.45) is 11.8 Å². The van der Waals surface area contributed by atoms with Crippen molar-refractivity contribution in [1.29, 1.82) is 0 Å². The Bertz CT molecular complexity index is 165. The van der Waals surface area contributed by atoms with Crippen LogP contribution in [0.1, 0.15) is 33.6 Å². The number of amides is 1. The van der Waals surface area contributed by atoms with E-state index in [2.05, 4.69) is 20.8 Å². The first-order chi connectivity index (χ1) is 5.65. The molecule has 1 aliphatic heterocycles. The molecule has 0 aromatic carbocycles. The number of hydrogen-bond acceptors (Lipinski definition) is 1. The first-order valence-electron chi connectivity index (χ1n) is 4.93. The Morgan fingerprint density at radius 2 is 2.25 bits per heavy atom. The van der Waals surface area contributed by atoms with E-state index in [1.165, 1.54) is 0 Å². The normalized spacial score (nSPS) is 25.2. The summed E-state index contributed by atoms with van der Waals surface area (Å²) in [4.78, 5) is 13.3. The van der Waals surface area contributed by atoms with E-state index in [9.17, 15) is 4.79 Å². The van der Waals surface area contributed by atoms with Gasteiger partial charge in [-0.15, -0.1) is 0 Å². The highest BCUT2D eigenvalue weighted by atomic mass is 16.2. The van der Waals surface area contributed by atoms with E-state index < -0.39 is 0 Å². The van der Waals surface area contributed by atoms with Crippen LogP contribution in [0.4, 0.5) is 0 Å². The molecule has 1 aliphatic rings. The summed E-state index contributed by atoms with van der Waals surface area (Å²) < 4.78 is 0. The lowest BCUT2D eigenvalue weighted by atomic mass is 9.88. The Labute approximate surface area is 74.9 Å². The van der Waals surface area contributed by atoms with Crippen LogP contribution >= 0.6 is 0 Å². The predicted octanol–water partition coefficient (Wildman–Crippen LogP) is 1.90. The zero-order chi connectivity index (χ0) is 9.14. The molecule has 0 aromatic rings. The van der Waals surface area contributed by atoms with Gasteiger partial charge in [-0.05, 0) is 25.2 Å². The molecule has 1 heterocycles. The van der Waals surface area contributed by atoms with Crippen LogP contribution < -0.4 is 0 Å². The first-order valence-corrected chi connectivity index (χ1v) is 4.93. The lowest BCUT2D eigenvalue weighted by molar-refractivity contribution is -0.135. The van der Waals surface area contributed by atoms with Crippen LogP contribution in [0.15, 0.2) is 0 Å². The number of carbonyl (C=O) groups is 1. The summed E-state index contributed by atoms with van der Waals surface area (Å²) in [6, 6.07) is 0. The van der Waals surface area contributed by atoms with E-state index in [4.69, 9.17) is 0 Å². The summed E-state index contributed by atoms with van der Waals surface area (Å²) >= 11 is 0. The van der Waals surface area contributed by atoms with Crippen LogP contribution in [0.25, 0.3) is 0 Å². The minimum absolute atomic E-state index is 0.342. The molecule has 1 amide bonds. The van der Waals surface area contributed by atoms with Gasteiger partial charge in [0.05, 0.1) is 0 Å². The fourth-order valence-electron chi connectivity index (χ4n) is 1.79. The molecule has 0 spiro atoms. The maximum absolute atomic E-state index is 11.3. The number of hydrogen-bond donors (Lipinski definition) is 0. The van der Waals surface area contributed by atoms with Crippen molar-refractivity contribution in [2.75, 3.05) is 13.1 Å². The average molecular weight is 169 g/mol. The monoisotopic (exact) mass is 169 g/mol. The SMILES string of the molecule is CCN1C[C@H](C(C)C)CCC1=O. The minimum atomic E-state index is 0.342. The van der Waals surface area contributed by atoms with Gasteiger partial charge in [-0.3, -0.25) is 4.79 Å². The molecular formula is C10H19NO. The Balaban J connectivity index is 2.49. The molecule has 0 unspecified atom stereocenters. The molecule has 1 rings (SSSR count). The zero-order valence-electron chi connectivity index (χ0n) is 8.34. The molecule has 1 atom stereocenters. The molecule has 0 aromatic heterocycles. The third-order valence-corrected chi connectivity index (χ3v) is 2.86. The van der Waals surface area contributed by atoms with Crippen LogP contribution in [0.3, 0.4) is 0 Å². The molecule has 1 saturated heterocycles. The highest BCUT2D eigenvalue weighted by Gasteiger charge is 2.25. The Kier molecular flexibility index (Phi) is 3.12. The number of rotatable bonds is 2. The maximum atomic E-state index is 11.3. The molecule has 70 valence electrons. The first kappa shape index (κ1) is 9.56. The molecule has 0 aliphatic carbocycles. The van der Waals surface area contributed by atoms with Gasteiger partial charge in [0, 0.05) is 19.5 Å². The van der Waals surface area contributed by atoms with Gasteiger partial charge < -0.3 is 4.90 Å². The van der Waals surface area contributed by atoms with E-state index in [0.717, 1.165) is 31.8 Å². The fraction of sp³-hybridized carbons (Fsp3) is 0.900. The van der Waals surface area contributed by atoms with E-state index in [0.29, 0.717) is 11.8 Å². The minimum Gasteiger partial charge on any atom is -0.343 e. The molecule has 1 fully saturated rings. The Morgan fingerprint density at radius 1 is 1.58 bits per heavy atom. The van der Waals surface area contributed by atoms with Crippen molar-refractivity contribution < 1.29 is 4.79 Å². The molecule has 0 radical (unpaired) electrons. The Morgan fingerprint density at radius 3 is 2.75 bits per heavy atom. The van der Waals surface area contributed by atoms with Crippen molar-refractivity contribution in [3.05, 3.63) is 0 Å². The highest BCUT2D eigenvalue weighted by Crippen LogP contribution is 2.23. The van der Waals surface area contributed by atoms with Gasteiger partial charge in [-0.25, -0.2) is 0 Å². The largest absolute Gasteiger partial charge is 0.343 e. The lowest BCUT2D eigenvalue weighted by Gasteiger charge is -2.33. The topological polar surface area (TPSA) is 20.3 Å². The predicted molar refractivity (Wildman–Crippen MR) is 49.8 cm³/mol. The molecule has 2 nitrogen and oxygen atoms in total. The number of carbonyl (C=O) groups excluding carboxylic acids is 1. The molecular weight excluding hydrogens is 150 g/mol. The van der Waals surface area contributed by atoms with E-state index in [-0.39, 0.29) is 0 Å². The van der Waals surface area contributed by atoms with Gasteiger partial charge in [0.2, 0.25) is 5.91 Å². The second-order valence-electron chi connectivity index (χ2n) is 3.98. The quantitative estimate of drug-likeness (QED) is 0.618. The third-order valence-electron chi connectivity index (χ3n) is 2.86. The summed E-state index contributed by atoms with van der Waals surface area (Å²) in [5.41, 5.74) is 0. The van der Waals surface area contributed by atoms with Crippen molar-refractivity contribution in [3.63, 3.8) is 0 Å². The molecule has 12 heavy (non-hydrogen) atoms. The van der Waals surface area contributed by atoms with E-state index in [1.807, 2.05) is 4.90 Å². The fourth-order valence-corrected chi connectivity index (χ4v) is 1.79. The Hall–Kier alpha value is -0.530. The summed E-state index contributed by atoms with van der Waals surface area (Å²) in [5, 5.41) is 0. The van der Waals surface area contributed by atoms with Crippen molar-refractivity contribution in [3.8, 4) is 0 Å². The highest BCUT2D eigenvalue weighted by molar-refractivity contribution is 5.76. The average Bonchev–Trinajstić information content (AvgIpc) is 2.05. The van der Waals surface area contributed by atoms with Crippen molar-refractivity contribution in [2.45, 2.75) is 33.6 Å². The number of likely N-dealkylation sites (tertiary alicyclic amines) is 1. The van der Waals surface area contributed by atoms with E-state index in [1.54, 1.807) is 0 Å². The smallest absolute Gasteiger partial charge is 0.222 e. The molecule has 0 N–H and O–H groups in total. The zero-order valence-corrected chi connectivity index (χ0v) is 8.34. The second kappa shape index (κ2) is 3.92. The van der Waals surface area contributed by atoms with E-state index >= 15 is 0 Å². The van der Waals surface area contributed by atoms with Crippen LogP contribution in [-0.4, -0.2) is 23.9 Å². The van der Waals surface area contributed by atoms with Crippen LogP contribution in [0.5, 0.6) is 0 Å². The molecule has 0 bridgehead atoms. The van der Waals surface area contributed by atoms with Gasteiger partial charge in [0.15, 0.2) is 0 Å². The molecule has 0 saturated carbocycles. The third kappa shape index (κ3) is 1.99. The molecule has 2 heteroatoms. The second-order valence-corrected chi connectivity index (χ2v) is 3.98. The van der Waals surface area contributed by atoms with Gasteiger partial charge >= 0.3 is 0 Å². The summed E-state index contributed by atoms with van der Waals surface area (Å²) in [6.45, 7) is 8.40. The summed E-state index contributed by atoms with van der Waals surface area (Å²) in [7, 11) is 0. The van der Waals surface area contributed by atoms with Gasteiger partial charge in [0.1, 0.15) is 0 Å². The van der Waals surface area contributed by atoms with Crippen molar-refractivity contribution >= 4 is 5.91 Å². The number of piperidine rings is 1. The lowest BCUT2D eigenvalue weighted by Crippen LogP contribution is -2.41. The van der Waals surface area contributed by atoms with Crippen molar-refractivity contribution in [1.82, 2.24) is 4.90 Å². The van der Waals surface area contributed by atoms with Crippen LogP contribution in [0, 0.1) is 11.8 Å². The summed E-state index contributed by atoms with van der Waals surface area (Å²) in [5.74, 6) is 1.78. The van der Waals surface area contributed by atoms with Gasteiger partial charge in [-0.1, -0.05) is 13.8 Å². The summed E-state index contributed by atoms with van der Waals surface area (Å²) in [6.07, 6.45) is 1.85. The standard InChI is InChI=1S/C10H19NO/c1-4-11-7-9(8(2)3)5-6-10(11)12/h8-9H,4-7H2,1-3H3/t9-/m1/s1. The van der Waals surface area contributed by atoms with Crippen LogP contribution in [-0.2, 0) is 4.79 Å². The maximum Gasteiger partial charge on any atom is 0.222 e. The number of nitrogens with zero attached hydrogens (tertiary/aromatic N) is 1.